The van der Waals surface area contributed by atoms with Crippen LogP contribution in [0.5, 0.6) is 0 Å². The number of carbonyl (C=O) groups is 1. The molecule has 5 heteroatoms. The maximum atomic E-state index is 12.1. The van der Waals surface area contributed by atoms with Crippen molar-refractivity contribution in [1.29, 1.82) is 0 Å². The number of aryl methyl sites for hydroxylation is 1. The summed E-state index contributed by atoms with van der Waals surface area (Å²) in [5.41, 5.74) is 0.694. The molecule has 2 heterocycles. The van der Waals surface area contributed by atoms with Gasteiger partial charge in [-0.3, -0.25) is 9.48 Å². The molecule has 0 spiro atoms. The maximum Gasteiger partial charge on any atom is 0.257 e. The van der Waals surface area contributed by atoms with Crippen LogP contribution in [0, 0.1) is 5.92 Å². The smallest absolute Gasteiger partial charge is 0.257 e. The second kappa shape index (κ2) is 5.31. The summed E-state index contributed by atoms with van der Waals surface area (Å²) in [6.45, 7) is 2.77. The van der Waals surface area contributed by atoms with Crippen LogP contribution >= 0.6 is 0 Å². The van der Waals surface area contributed by atoms with Crippen LogP contribution in [0.25, 0.3) is 0 Å². The molecule has 1 aromatic rings. The summed E-state index contributed by atoms with van der Waals surface area (Å²) in [6, 6.07) is 0. The lowest BCUT2D eigenvalue weighted by molar-refractivity contribution is 0.0691. The van der Waals surface area contributed by atoms with E-state index in [1.54, 1.807) is 17.1 Å². The fourth-order valence-electron chi connectivity index (χ4n) is 2.34. The molecule has 0 saturated carbocycles. The SMILES string of the molecule is CNCC1CCN(C(=O)c2cnn(C)c2)CC1. The van der Waals surface area contributed by atoms with Crippen LogP contribution in [0.15, 0.2) is 12.4 Å². The largest absolute Gasteiger partial charge is 0.339 e. The predicted octanol–water partition coefficient (Wildman–Crippen LogP) is 0.492. The Morgan fingerprint density at radius 1 is 1.53 bits per heavy atom. The van der Waals surface area contributed by atoms with E-state index in [-0.39, 0.29) is 5.91 Å². The Kier molecular flexibility index (Phi) is 3.78. The fourth-order valence-corrected chi connectivity index (χ4v) is 2.34. The zero-order chi connectivity index (χ0) is 12.3. The van der Waals surface area contributed by atoms with Gasteiger partial charge in [-0.2, -0.15) is 5.10 Å². The number of amides is 1. The average Bonchev–Trinajstić information content (AvgIpc) is 2.76. The molecule has 1 fully saturated rings. The molecule has 0 unspecified atom stereocenters. The van der Waals surface area contributed by atoms with Gasteiger partial charge in [-0.1, -0.05) is 0 Å². The Labute approximate surface area is 102 Å². The molecule has 1 amide bonds. The van der Waals surface area contributed by atoms with Crippen molar-refractivity contribution in [3.05, 3.63) is 18.0 Å². The van der Waals surface area contributed by atoms with Gasteiger partial charge in [0.05, 0.1) is 11.8 Å². The Bertz CT molecular complexity index is 380. The zero-order valence-corrected chi connectivity index (χ0v) is 10.5. The van der Waals surface area contributed by atoms with Crippen LogP contribution in [0.3, 0.4) is 0 Å². The Hall–Kier alpha value is -1.36. The van der Waals surface area contributed by atoms with Gasteiger partial charge in [0.15, 0.2) is 0 Å². The normalized spacial score (nSPS) is 17.4. The minimum atomic E-state index is 0.112. The standard InChI is InChI=1S/C12H20N4O/c1-13-7-10-3-5-16(6-4-10)12(17)11-8-14-15(2)9-11/h8-10,13H,3-7H2,1-2H3. The van der Waals surface area contributed by atoms with E-state index in [1.165, 1.54) is 0 Å². The van der Waals surface area contributed by atoms with Crippen molar-refractivity contribution in [1.82, 2.24) is 20.0 Å². The van der Waals surface area contributed by atoms with Gasteiger partial charge in [0.2, 0.25) is 0 Å². The van der Waals surface area contributed by atoms with Crippen molar-refractivity contribution in [2.75, 3.05) is 26.7 Å². The number of nitrogens with one attached hydrogen (secondary N) is 1. The van der Waals surface area contributed by atoms with Gasteiger partial charge in [-0.15, -0.1) is 0 Å². The van der Waals surface area contributed by atoms with E-state index in [4.69, 9.17) is 0 Å². The third-order valence-corrected chi connectivity index (χ3v) is 3.35. The lowest BCUT2D eigenvalue weighted by Crippen LogP contribution is -2.40. The van der Waals surface area contributed by atoms with Crippen molar-refractivity contribution in [3.63, 3.8) is 0 Å². The number of hydrogen-bond acceptors (Lipinski definition) is 3. The summed E-state index contributed by atoms with van der Waals surface area (Å²) in [6.07, 6.45) is 5.60. The summed E-state index contributed by atoms with van der Waals surface area (Å²) >= 11 is 0. The van der Waals surface area contributed by atoms with Crippen LogP contribution in [0.4, 0.5) is 0 Å². The first-order valence-electron chi connectivity index (χ1n) is 6.13. The molecule has 5 nitrogen and oxygen atoms in total. The molecule has 1 aromatic heterocycles. The van der Waals surface area contributed by atoms with Gasteiger partial charge in [-0.05, 0) is 32.4 Å². The van der Waals surface area contributed by atoms with E-state index in [0.717, 1.165) is 32.5 Å². The number of hydrogen-bond donors (Lipinski definition) is 1. The second-order valence-corrected chi connectivity index (χ2v) is 4.70. The summed E-state index contributed by atoms with van der Waals surface area (Å²) in [5.74, 6) is 0.818. The molecule has 0 radical (unpaired) electrons. The summed E-state index contributed by atoms with van der Waals surface area (Å²) < 4.78 is 1.67. The quantitative estimate of drug-likeness (QED) is 0.831. The summed E-state index contributed by atoms with van der Waals surface area (Å²) in [5, 5.41) is 7.24. The molecule has 1 aliphatic rings. The molecule has 0 atom stereocenters. The molecule has 0 aliphatic carbocycles. The van der Waals surface area contributed by atoms with E-state index in [2.05, 4.69) is 10.4 Å². The first-order valence-corrected chi connectivity index (χ1v) is 6.13. The van der Waals surface area contributed by atoms with E-state index in [1.807, 2.05) is 19.0 Å². The highest BCUT2D eigenvalue weighted by atomic mass is 16.2. The van der Waals surface area contributed by atoms with Crippen molar-refractivity contribution >= 4 is 5.91 Å². The average molecular weight is 236 g/mol. The topological polar surface area (TPSA) is 50.2 Å². The molecule has 0 aromatic carbocycles. The summed E-state index contributed by atoms with van der Waals surface area (Å²) in [7, 11) is 3.81. The fraction of sp³-hybridized carbons (Fsp3) is 0.667. The Morgan fingerprint density at radius 3 is 2.76 bits per heavy atom. The van der Waals surface area contributed by atoms with E-state index >= 15 is 0 Å². The van der Waals surface area contributed by atoms with Gasteiger partial charge < -0.3 is 10.2 Å². The molecular weight excluding hydrogens is 216 g/mol. The number of likely N-dealkylation sites (tertiary alicyclic amines) is 1. The minimum Gasteiger partial charge on any atom is -0.339 e. The third kappa shape index (κ3) is 2.85. The monoisotopic (exact) mass is 236 g/mol. The Morgan fingerprint density at radius 2 is 2.24 bits per heavy atom. The number of carbonyl (C=O) groups excluding carboxylic acids is 1. The van der Waals surface area contributed by atoms with E-state index in [0.29, 0.717) is 11.5 Å². The first-order chi connectivity index (χ1) is 8.20. The van der Waals surface area contributed by atoms with Gasteiger partial charge >= 0.3 is 0 Å². The zero-order valence-electron chi connectivity index (χ0n) is 10.5. The van der Waals surface area contributed by atoms with Gasteiger partial charge in [0.1, 0.15) is 0 Å². The highest BCUT2D eigenvalue weighted by Crippen LogP contribution is 2.18. The molecule has 2 rings (SSSR count). The number of nitrogens with zero attached hydrogens (tertiary/aromatic N) is 3. The molecular formula is C12H20N4O. The maximum absolute atomic E-state index is 12.1. The second-order valence-electron chi connectivity index (χ2n) is 4.70. The molecule has 17 heavy (non-hydrogen) atoms. The van der Waals surface area contributed by atoms with Gasteiger partial charge in [-0.25, -0.2) is 0 Å². The molecule has 1 saturated heterocycles. The number of piperidine rings is 1. The third-order valence-electron chi connectivity index (χ3n) is 3.35. The van der Waals surface area contributed by atoms with Crippen LogP contribution in [0.1, 0.15) is 23.2 Å². The lowest BCUT2D eigenvalue weighted by atomic mass is 9.96. The van der Waals surface area contributed by atoms with E-state index < -0.39 is 0 Å². The molecule has 0 bridgehead atoms. The van der Waals surface area contributed by atoms with Crippen molar-refractivity contribution in [2.24, 2.45) is 13.0 Å². The summed E-state index contributed by atoms with van der Waals surface area (Å²) in [4.78, 5) is 14.1. The predicted molar refractivity (Wildman–Crippen MR) is 65.8 cm³/mol. The van der Waals surface area contributed by atoms with Crippen molar-refractivity contribution < 1.29 is 4.79 Å². The molecule has 1 N–H and O–H groups in total. The van der Waals surface area contributed by atoms with Crippen molar-refractivity contribution in [2.45, 2.75) is 12.8 Å². The first kappa shape index (κ1) is 12.1. The van der Waals surface area contributed by atoms with Gasteiger partial charge in [0.25, 0.3) is 5.91 Å². The number of rotatable bonds is 3. The van der Waals surface area contributed by atoms with Gasteiger partial charge in [0, 0.05) is 26.3 Å². The highest BCUT2D eigenvalue weighted by Gasteiger charge is 2.23. The molecule has 1 aliphatic heterocycles. The molecule has 94 valence electrons. The highest BCUT2D eigenvalue weighted by molar-refractivity contribution is 5.93. The van der Waals surface area contributed by atoms with E-state index in [9.17, 15) is 4.79 Å². The Balaban J connectivity index is 1.90. The lowest BCUT2D eigenvalue weighted by Gasteiger charge is -2.31. The number of aromatic nitrogens is 2. The van der Waals surface area contributed by atoms with Crippen molar-refractivity contribution in [3.8, 4) is 0 Å². The van der Waals surface area contributed by atoms with Crippen LogP contribution in [0.2, 0.25) is 0 Å². The minimum absolute atomic E-state index is 0.112. The van der Waals surface area contributed by atoms with Crippen LogP contribution in [-0.2, 0) is 7.05 Å². The van der Waals surface area contributed by atoms with Crippen LogP contribution in [-0.4, -0.2) is 47.3 Å². The van der Waals surface area contributed by atoms with Crippen LogP contribution < -0.4 is 5.32 Å².